The van der Waals surface area contributed by atoms with Crippen molar-refractivity contribution in [2.75, 3.05) is 50.8 Å². The second-order valence-corrected chi connectivity index (χ2v) is 9.03. The average molecular weight is 486 g/mol. The number of hydrogen-bond donors (Lipinski definition) is 0. The maximum atomic E-state index is 14.1. The number of rotatable bonds is 9. The monoisotopic (exact) mass is 485 g/mol. The first-order chi connectivity index (χ1) is 17.7. The predicted molar refractivity (Wildman–Crippen MR) is 143 cm³/mol. The number of hydrogen-bond acceptors (Lipinski definition) is 5. The fourth-order valence-electron chi connectivity index (χ4n) is 4.58. The number of aromatic nitrogens is 1. The van der Waals surface area contributed by atoms with Crippen molar-refractivity contribution in [2.45, 2.75) is 13.5 Å². The number of benzene rings is 3. The molecule has 1 saturated heterocycles. The van der Waals surface area contributed by atoms with E-state index in [9.17, 15) is 4.39 Å². The van der Waals surface area contributed by atoms with Crippen LogP contribution in [0.2, 0.25) is 0 Å². The third-order valence-corrected chi connectivity index (χ3v) is 6.65. The highest BCUT2D eigenvalue weighted by atomic mass is 19.1. The van der Waals surface area contributed by atoms with Crippen LogP contribution in [0.25, 0.3) is 22.0 Å². The number of piperazine rings is 1. The molecular weight excluding hydrogens is 453 g/mol. The molecule has 0 atom stereocenters. The van der Waals surface area contributed by atoms with Crippen molar-refractivity contribution >= 4 is 16.6 Å². The quantitative estimate of drug-likeness (QED) is 0.281. The Morgan fingerprint density at radius 1 is 0.861 bits per heavy atom. The lowest BCUT2D eigenvalue weighted by atomic mass is 10.1. The molecule has 0 amide bonds. The van der Waals surface area contributed by atoms with E-state index < -0.39 is 0 Å². The van der Waals surface area contributed by atoms with Gasteiger partial charge in [0.2, 0.25) is 0 Å². The Morgan fingerprint density at radius 2 is 1.64 bits per heavy atom. The number of fused-ring (bicyclic) bond motifs is 1. The molecule has 4 aromatic rings. The molecule has 5 rings (SSSR count). The van der Waals surface area contributed by atoms with E-state index in [-0.39, 0.29) is 5.82 Å². The summed E-state index contributed by atoms with van der Waals surface area (Å²) in [5, 5.41) is 1.85. The molecule has 1 aliphatic rings. The predicted octanol–water partition coefficient (Wildman–Crippen LogP) is 5.78. The summed E-state index contributed by atoms with van der Waals surface area (Å²) in [4.78, 5) is 9.80. The van der Waals surface area contributed by atoms with Crippen LogP contribution >= 0.6 is 0 Å². The van der Waals surface area contributed by atoms with Crippen LogP contribution in [0.4, 0.5) is 10.2 Å². The maximum Gasteiger partial charge on any atom is 0.137 e. The van der Waals surface area contributed by atoms with E-state index in [2.05, 4.69) is 16.7 Å². The fourth-order valence-corrected chi connectivity index (χ4v) is 4.58. The summed E-state index contributed by atoms with van der Waals surface area (Å²) in [5.41, 5.74) is 2.96. The van der Waals surface area contributed by atoms with Gasteiger partial charge in [0.1, 0.15) is 24.0 Å². The number of anilines is 1. The number of nitrogens with zero attached hydrogens (tertiary/aromatic N) is 3. The summed E-state index contributed by atoms with van der Waals surface area (Å²) < 4.78 is 25.6. The fraction of sp³-hybridized carbons (Fsp3) is 0.300. The molecule has 0 radical (unpaired) electrons. The molecule has 1 aromatic heterocycles. The van der Waals surface area contributed by atoms with Gasteiger partial charge < -0.3 is 19.3 Å². The van der Waals surface area contributed by atoms with Crippen molar-refractivity contribution in [3.8, 4) is 17.0 Å². The van der Waals surface area contributed by atoms with E-state index >= 15 is 0 Å². The van der Waals surface area contributed by atoms with E-state index in [4.69, 9.17) is 14.5 Å². The topological polar surface area (TPSA) is 37.8 Å². The molecule has 2 heterocycles. The Balaban J connectivity index is 1.27. The molecule has 1 fully saturated rings. The Hall–Kier alpha value is -3.48. The zero-order valence-corrected chi connectivity index (χ0v) is 20.7. The standard InChI is InChI=1S/C30H32FN3O2/c1-2-33-14-16-34(17-15-33)30-28-13-10-26(31)20-25(28)21-29(32-30)24-8-11-27(12-9-24)36-19-18-35-22-23-6-4-3-5-7-23/h3-13,20-21H,2,14-19,22H2,1H3. The molecule has 6 heteroatoms. The molecule has 5 nitrogen and oxygen atoms in total. The van der Waals surface area contributed by atoms with Gasteiger partial charge in [-0.15, -0.1) is 0 Å². The summed E-state index contributed by atoms with van der Waals surface area (Å²) in [6, 6.07) is 24.9. The van der Waals surface area contributed by atoms with Crippen molar-refractivity contribution in [2.24, 2.45) is 0 Å². The van der Waals surface area contributed by atoms with E-state index in [0.29, 0.717) is 19.8 Å². The molecule has 0 saturated carbocycles. The molecule has 0 aliphatic carbocycles. The Morgan fingerprint density at radius 3 is 2.39 bits per heavy atom. The zero-order chi connectivity index (χ0) is 24.7. The lowest BCUT2D eigenvalue weighted by Gasteiger charge is -2.35. The Bertz CT molecular complexity index is 1270. The zero-order valence-electron chi connectivity index (χ0n) is 20.7. The number of ether oxygens (including phenoxy) is 2. The van der Waals surface area contributed by atoms with Crippen LogP contribution in [0, 0.1) is 5.82 Å². The molecular formula is C30H32FN3O2. The van der Waals surface area contributed by atoms with Crippen LogP contribution in [0.15, 0.2) is 78.9 Å². The SMILES string of the molecule is CCN1CCN(c2nc(-c3ccc(OCCOCc4ccccc4)cc3)cc3cc(F)ccc23)CC1. The van der Waals surface area contributed by atoms with E-state index in [1.165, 1.54) is 6.07 Å². The molecule has 0 spiro atoms. The lowest BCUT2D eigenvalue weighted by molar-refractivity contribution is 0.0889. The lowest BCUT2D eigenvalue weighted by Crippen LogP contribution is -2.46. The largest absolute Gasteiger partial charge is 0.491 e. The normalized spacial score (nSPS) is 14.3. The van der Waals surface area contributed by atoms with E-state index in [0.717, 1.165) is 71.9 Å². The molecule has 3 aromatic carbocycles. The van der Waals surface area contributed by atoms with Gasteiger partial charge >= 0.3 is 0 Å². The second-order valence-electron chi connectivity index (χ2n) is 9.03. The molecule has 186 valence electrons. The third kappa shape index (κ3) is 5.83. The smallest absolute Gasteiger partial charge is 0.137 e. The van der Waals surface area contributed by atoms with Gasteiger partial charge in [-0.1, -0.05) is 37.3 Å². The molecule has 0 unspecified atom stereocenters. The Kier molecular flexibility index (Phi) is 7.74. The first-order valence-corrected chi connectivity index (χ1v) is 12.6. The van der Waals surface area contributed by atoms with Gasteiger partial charge in [-0.05, 0) is 66.0 Å². The number of halogens is 1. The van der Waals surface area contributed by atoms with Gasteiger partial charge in [-0.2, -0.15) is 0 Å². The first-order valence-electron chi connectivity index (χ1n) is 12.6. The molecule has 0 bridgehead atoms. The number of pyridine rings is 1. The van der Waals surface area contributed by atoms with Crippen LogP contribution < -0.4 is 9.64 Å². The summed E-state index contributed by atoms with van der Waals surface area (Å²) in [5.74, 6) is 1.47. The van der Waals surface area contributed by atoms with Gasteiger partial charge in [0, 0.05) is 37.1 Å². The van der Waals surface area contributed by atoms with Crippen LogP contribution in [-0.2, 0) is 11.3 Å². The van der Waals surface area contributed by atoms with Gasteiger partial charge in [0.15, 0.2) is 0 Å². The van der Waals surface area contributed by atoms with Gasteiger partial charge in [0.05, 0.1) is 18.9 Å². The number of likely N-dealkylation sites (N-methyl/N-ethyl adjacent to an activating group) is 1. The summed E-state index contributed by atoms with van der Waals surface area (Å²) >= 11 is 0. The van der Waals surface area contributed by atoms with Crippen molar-refractivity contribution in [3.05, 3.63) is 90.2 Å². The van der Waals surface area contributed by atoms with Crippen LogP contribution in [0.5, 0.6) is 5.75 Å². The highest BCUT2D eigenvalue weighted by molar-refractivity contribution is 5.95. The van der Waals surface area contributed by atoms with Crippen LogP contribution in [0.3, 0.4) is 0 Å². The summed E-state index contributed by atoms with van der Waals surface area (Å²) in [6.45, 7) is 8.66. The molecule has 1 aliphatic heterocycles. The van der Waals surface area contributed by atoms with Crippen molar-refractivity contribution in [1.82, 2.24) is 9.88 Å². The van der Waals surface area contributed by atoms with Crippen molar-refractivity contribution in [3.63, 3.8) is 0 Å². The van der Waals surface area contributed by atoms with Gasteiger partial charge in [-0.25, -0.2) is 9.37 Å². The summed E-state index contributed by atoms with van der Waals surface area (Å²) in [7, 11) is 0. The minimum absolute atomic E-state index is 0.236. The van der Waals surface area contributed by atoms with Gasteiger partial charge in [-0.3, -0.25) is 0 Å². The first kappa shape index (κ1) is 24.2. The maximum absolute atomic E-state index is 14.1. The van der Waals surface area contributed by atoms with Crippen LogP contribution in [0.1, 0.15) is 12.5 Å². The second kappa shape index (κ2) is 11.5. The molecule has 0 N–H and O–H groups in total. The average Bonchev–Trinajstić information content (AvgIpc) is 2.93. The third-order valence-electron chi connectivity index (χ3n) is 6.65. The highest BCUT2D eigenvalue weighted by Crippen LogP contribution is 2.32. The van der Waals surface area contributed by atoms with Gasteiger partial charge in [0.25, 0.3) is 0 Å². The summed E-state index contributed by atoms with van der Waals surface area (Å²) in [6.07, 6.45) is 0. The van der Waals surface area contributed by atoms with E-state index in [1.807, 2.05) is 66.7 Å². The Labute approximate surface area is 212 Å². The molecule has 36 heavy (non-hydrogen) atoms. The van der Waals surface area contributed by atoms with Crippen LogP contribution in [-0.4, -0.2) is 55.8 Å². The van der Waals surface area contributed by atoms with Crippen molar-refractivity contribution in [1.29, 1.82) is 0 Å². The van der Waals surface area contributed by atoms with E-state index in [1.54, 1.807) is 6.07 Å². The minimum atomic E-state index is -0.236. The highest BCUT2D eigenvalue weighted by Gasteiger charge is 2.20. The minimum Gasteiger partial charge on any atom is -0.491 e. The van der Waals surface area contributed by atoms with Crippen molar-refractivity contribution < 1.29 is 13.9 Å².